The quantitative estimate of drug-likeness (QED) is 0.849. The number of carboxylic acids is 1. The van der Waals surface area contributed by atoms with E-state index in [1.807, 2.05) is 14.0 Å². The van der Waals surface area contributed by atoms with Crippen LogP contribution >= 0.6 is 0 Å². The number of aromatic nitrogens is 2. The van der Waals surface area contributed by atoms with Crippen LogP contribution < -0.4 is 0 Å². The van der Waals surface area contributed by atoms with Crippen molar-refractivity contribution in [1.29, 1.82) is 0 Å². The van der Waals surface area contributed by atoms with Gasteiger partial charge in [0.1, 0.15) is 5.82 Å². The minimum atomic E-state index is -0.886. The minimum Gasteiger partial charge on any atom is -0.481 e. The molecule has 23 heavy (non-hydrogen) atoms. The molecule has 1 amide bonds. The van der Waals surface area contributed by atoms with E-state index in [-0.39, 0.29) is 18.9 Å². The zero-order valence-corrected chi connectivity index (χ0v) is 13.9. The van der Waals surface area contributed by atoms with Gasteiger partial charge in [-0.05, 0) is 37.5 Å². The topological polar surface area (TPSA) is 75.4 Å². The lowest BCUT2D eigenvalue weighted by Crippen LogP contribution is -2.28. The summed E-state index contributed by atoms with van der Waals surface area (Å²) in [5.41, 5.74) is 3.25. The van der Waals surface area contributed by atoms with Gasteiger partial charge in [-0.3, -0.25) is 9.59 Å². The van der Waals surface area contributed by atoms with Crippen molar-refractivity contribution in [2.75, 3.05) is 13.6 Å². The van der Waals surface area contributed by atoms with Gasteiger partial charge in [0.15, 0.2) is 0 Å². The van der Waals surface area contributed by atoms with Gasteiger partial charge in [0.25, 0.3) is 0 Å². The van der Waals surface area contributed by atoms with E-state index < -0.39 is 5.97 Å². The van der Waals surface area contributed by atoms with E-state index in [4.69, 9.17) is 5.11 Å². The van der Waals surface area contributed by atoms with Crippen molar-refractivity contribution in [2.24, 2.45) is 7.05 Å². The Kier molecular flexibility index (Phi) is 5.36. The lowest BCUT2D eigenvalue weighted by Gasteiger charge is -2.15. The first-order valence-electron chi connectivity index (χ1n) is 7.76. The number of amides is 1. The molecule has 0 atom stereocenters. The molecule has 1 aromatic carbocycles. The number of fused-ring (bicyclic) bond motifs is 1. The molecule has 0 unspecified atom stereocenters. The summed E-state index contributed by atoms with van der Waals surface area (Å²) in [7, 11) is 3.64. The first kappa shape index (κ1) is 17.0. The highest BCUT2D eigenvalue weighted by atomic mass is 16.4. The number of benzene rings is 1. The molecule has 1 aromatic heterocycles. The summed E-state index contributed by atoms with van der Waals surface area (Å²) in [6.45, 7) is 2.23. The van der Waals surface area contributed by atoms with Crippen LogP contribution in [-0.2, 0) is 23.1 Å². The molecule has 124 valence electrons. The van der Waals surface area contributed by atoms with E-state index in [0.29, 0.717) is 6.42 Å². The Hall–Kier alpha value is -2.37. The highest BCUT2D eigenvalue weighted by Gasteiger charge is 2.10. The molecule has 1 N–H and O–H groups in total. The van der Waals surface area contributed by atoms with Crippen molar-refractivity contribution in [3.05, 3.63) is 29.6 Å². The average Bonchev–Trinajstić information content (AvgIpc) is 2.79. The summed E-state index contributed by atoms with van der Waals surface area (Å²) in [5, 5.41) is 8.63. The second kappa shape index (κ2) is 7.26. The molecular formula is C17H23N3O3. The van der Waals surface area contributed by atoms with Crippen molar-refractivity contribution in [2.45, 2.75) is 32.6 Å². The Morgan fingerprint density at radius 3 is 2.74 bits per heavy atom. The minimum absolute atomic E-state index is 0.0130. The third-order valence-electron chi connectivity index (χ3n) is 4.11. The smallest absolute Gasteiger partial charge is 0.305 e. The number of carbonyl (C=O) groups excluding carboxylic acids is 1. The maximum Gasteiger partial charge on any atom is 0.305 e. The van der Waals surface area contributed by atoms with Gasteiger partial charge in [0.2, 0.25) is 5.91 Å². The van der Waals surface area contributed by atoms with Gasteiger partial charge in [-0.15, -0.1) is 0 Å². The normalized spacial score (nSPS) is 10.9. The molecule has 0 fully saturated rings. The van der Waals surface area contributed by atoms with Crippen LogP contribution in [0, 0.1) is 6.92 Å². The SMILES string of the molecule is Cc1nc2cc(CCCC(=O)N(C)CCC(=O)O)ccc2n1C. The Bertz CT molecular complexity index is 721. The highest BCUT2D eigenvalue weighted by molar-refractivity contribution is 5.77. The summed E-state index contributed by atoms with van der Waals surface area (Å²) in [6, 6.07) is 6.20. The van der Waals surface area contributed by atoms with Gasteiger partial charge >= 0.3 is 5.97 Å². The monoisotopic (exact) mass is 317 g/mol. The van der Waals surface area contributed by atoms with Crippen molar-refractivity contribution < 1.29 is 14.7 Å². The average molecular weight is 317 g/mol. The Morgan fingerprint density at radius 2 is 2.04 bits per heavy atom. The molecule has 6 heteroatoms. The van der Waals surface area contributed by atoms with Crippen LogP contribution in [0.3, 0.4) is 0 Å². The molecule has 0 spiro atoms. The molecule has 1 heterocycles. The number of carboxylic acid groups (broad SMARTS) is 1. The first-order chi connectivity index (χ1) is 10.9. The van der Waals surface area contributed by atoms with Gasteiger partial charge < -0.3 is 14.6 Å². The molecule has 0 aliphatic heterocycles. The molecular weight excluding hydrogens is 294 g/mol. The van der Waals surface area contributed by atoms with Crippen molar-refractivity contribution >= 4 is 22.9 Å². The fourth-order valence-electron chi connectivity index (χ4n) is 2.54. The standard InChI is InChI=1S/C17H23N3O3/c1-12-18-14-11-13(7-8-15(14)20(12)3)5-4-6-16(21)19(2)10-9-17(22)23/h7-8,11H,4-6,9-10H2,1-3H3,(H,22,23). The van der Waals surface area contributed by atoms with Crippen molar-refractivity contribution in [3.8, 4) is 0 Å². The summed E-state index contributed by atoms with van der Waals surface area (Å²) < 4.78 is 2.06. The lowest BCUT2D eigenvalue weighted by atomic mass is 10.1. The van der Waals surface area contributed by atoms with E-state index in [0.717, 1.165) is 35.3 Å². The third kappa shape index (κ3) is 4.31. The van der Waals surface area contributed by atoms with Crippen LogP contribution in [0.4, 0.5) is 0 Å². The molecule has 0 saturated heterocycles. The number of imidazole rings is 1. The number of aryl methyl sites for hydroxylation is 3. The van der Waals surface area contributed by atoms with Crippen molar-refractivity contribution in [3.63, 3.8) is 0 Å². The first-order valence-corrected chi connectivity index (χ1v) is 7.76. The molecule has 0 aliphatic carbocycles. The third-order valence-corrected chi connectivity index (χ3v) is 4.11. The predicted octanol–water partition coefficient (Wildman–Crippen LogP) is 2.14. The van der Waals surface area contributed by atoms with Crippen LogP contribution in [0.1, 0.15) is 30.7 Å². The molecule has 6 nitrogen and oxygen atoms in total. The van der Waals surface area contributed by atoms with E-state index in [1.165, 1.54) is 4.90 Å². The van der Waals surface area contributed by atoms with Gasteiger partial charge in [-0.2, -0.15) is 0 Å². The number of aliphatic carboxylic acids is 1. The number of rotatable bonds is 7. The van der Waals surface area contributed by atoms with Crippen LogP contribution in [0.2, 0.25) is 0 Å². The fourth-order valence-corrected chi connectivity index (χ4v) is 2.54. The zero-order chi connectivity index (χ0) is 17.0. The summed E-state index contributed by atoms with van der Waals surface area (Å²) in [4.78, 5) is 28.4. The van der Waals surface area contributed by atoms with E-state index >= 15 is 0 Å². The molecule has 2 aromatic rings. The van der Waals surface area contributed by atoms with Crippen LogP contribution in [-0.4, -0.2) is 45.0 Å². The van der Waals surface area contributed by atoms with Gasteiger partial charge in [0.05, 0.1) is 17.5 Å². The number of carbonyl (C=O) groups is 2. The molecule has 0 saturated carbocycles. The van der Waals surface area contributed by atoms with Crippen LogP contribution in [0.25, 0.3) is 11.0 Å². The van der Waals surface area contributed by atoms with Crippen LogP contribution in [0.5, 0.6) is 0 Å². The molecule has 0 bridgehead atoms. The number of hydrogen-bond acceptors (Lipinski definition) is 3. The summed E-state index contributed by atoms with van der Waals surface area (Å²) >= 11 is 0. The van der Waals surface area contributed by atoms with Gasteiger partial charge in [0, 0.05) is 27.1 Å². The Morgan fingerprint density at radius 1 is 1.30 bits per heavy atom. The Labute approximate surface area is 135 Å². The largest absolute Gasteiger partial charge is 0.481 e. The maximum absolute atomic E-state index is 11.9. The highest BCUT2D eigenvalue weighted by Crippen LogP contribution is 2.17. The molecule has 0 radical (unpaired) electrons. The zero-order valence-electron chi connectivity index (χ0n) is 13.9. The van der Waals surface area contributed by atoms with Gasteiger partial charge in [-0.25, -0.2) is 4.98 Å². The van der Waals surface area contributed by atoms with Crippen LogP contribution in [0.15, 0.2) is 18.2 Å². The summed E-state index contributed by atoms with van der Waals surface area (Å²) in [6.07, 6.45) is 1.96. The summed E-state index contributed by atoms with van der Waals surface area (Å²) in [5.74, 6) is 0.0806. The van der Waals surface area contributed by atoms with Crippen molar-refractivity contribution in [1.82, 2.24) is 14.5 Å². The lowest BCUT2D eigenvalue weighted by molar-refractivity contribution is -0.138. The number of hydrogen-bond donors (Lipinski definition) is 1. The molecule has 2 rings (SSSR count). The van der Waals surface area contributed by atoms with E-state index in [2.05, 4.69) is 27.8 Å². The van der Waals surface area contributed by atoms with E-state index in [9.17, 15) is 9.59 Å². The second-order valence-corrected chi connectivity index (χ2v) is 5.85. The molecule has 0 aliphatic rings. The Balaban J connectivity index is 1.86. The maximum atomic E-state index is 11.9. The van der Waals surface area contributed by atoms with Gasteiger partial charge in [-0.1, -0.05) is 6.07 Å². The second-order valence-electron chi connectivity index (χ2n) is 5.85. The fraction of sp³-hybridized carbons (Fsp3) is 0.471. The predicted molar refractivity (Wildman–Crippen MR) is 88.3 cm³/mol. The van der Waals surface area contributed by atoms with E-state index in [1.54, 1.807) is 7.05 Å². The number of nitrogens with zero attached hydrogens (tertiary/aromatic N) is 3.